The molecule has 10 aromatic rings. The molecule has 2 aliphatic heterocycles. The van der Waals surface area contributed by atoms with Crippen molar-refractivity contribution in [1.29, 1.82) is 0 Å². The molecule has 0 saturated carbocycles. The predicted octanol–water partition coefficient (Wildman–Crippen LogP) is 12.4. The smallest absolute Gasteiger partial charge is 0.356 e. The molecule has 82 heavy (non-hydrogen) atoms. The number of hydrogen-bond acceptors (Lipinski definition) is 12. The molecule has 2 aliphatic rings. The van der Waals surface area contributed by atoms with E-state index in [9.17, 15) is 0 Å². The zero-order valence-electron chi connectivity index (χ0n) is 44.0. The van der Waals surface area contributed by atoms with Crippen molar-refractivity contribution in [1.82, 2.24) is 25.4 Å². The van der Waals surface area contributed by atoms with E-state index in [0.29, 0.717) is 16.4 Å². The third-order valence-electron chi connectivity index (χ3n) is 14.7. The third-order valence-corrected chi connectivity index (χ3v) is 18.0. The summed E-state index contributed by atoms with van der Waals surface area (Å²) in [6, 6.07) is 78.0. The molecule has 0 bridgehead atoms. The topological polar surface area (TPSA) is 165 Å². The Balaban J connectivity index is 0.907. The van der Waals surface area contributed by atoms with Gasteiger partial charge in [-0.15, -0.1) is 34.9 Å². The van der Waals surface area contributed by atoms with Crippen molar-refractivity contribution in [2.24, 2.45) is 5.16 Å². The standard InChI is InChI=1S/C67H53N7O5S3/c68-65-70-54(43-82-65)56(73-79-67(51-35-19-6-20-36-51,52-37-21-7-22-38-52)53-39-23-8-24-40-53)61(75)71-57-62(76)74-58(64(77)78-59(45-25-9-1-10-26-45)46-27-11-2-12-28-46)55(44-81-63(57)74)80-42-47-41-69-72-60(47)66(48-29-13-3-14-30-48,49-31-15-4-16-32-49)50-33-17-5-18-34-50/h1-41,43,57,59,63H,42,44H2,(H2,68,70)(H,69,72)(H,71,75)/b73-56-/t57-,63+/m1/s1. The van der Waals surface area contributed by atoms with Gasteiger partial charge in [0.05, 0.1) is 11.1 Å². The van der Waals surface area contributed by atoms with E-state index < -0.39 is 46.3 Å². The number of oxime groups is 1. The summed E-state index contributed by atoms with van der Waals surface area (Å²) in [6.45, 7) is 0. The van der Waals surface area contributed by atoms with Gasteiger partial charge in [-0.25, -0.2) is 9.78 Å². The molecule has 1 fully saturated rings. The molecule has 2 aromatic heterocycles. The first-order valence-corrected chi connectivity index (χ1v) is 29.5. The van der Waals surface area contributed by atoms with Gasteiger partial charge in [0, 0.05) is 50.2 Å². The maximum atomic E-state index is 15.3. The Kier molecular flexibility index (Phi) is 15.5. The van der Waals surface area contributed by atoms with Crippen LogP contribution in [0.2, 0.25) is 0 Å². The van der Waals surface area contributed by atoms with Crippen molar-refractivity contribution in [3.05, 3.63) is 326 Å². The van der Waals surface area contributed by atoms with E-state index >= 15 is 14.4 Å². The van der Waals surface area contributed by atoms with Gasteiger partial charge in [0.15, 0.2) is 16.9 Å². The molecule has 15 heteroatoms. The average Bonchev–Trinajstić information content (AvgIpc) is 2.33. The minimum absolute atomic E-state index is 0.106. The second-order valence-corrected chi connectivity index (χ2v) is 22.6. The summed E-state index contributed by atoms with van der Waals surface area (Å²) in [5.41, 5.74) is 12.6. The number of thioether (sulfide) groups is 2. The van der Waals surface area contributed by atoms with Crippen LogP contribution in [0, 0.1) is 0 Å². The molecular formula is C67H53N7O5S3. The Morgan fingerprint density at radius 2 is 1.12 bits per heavy atom. The number of fused-ring (bicyclic) bond motifs is 1. The number of carbonyl (C=O) groups excluding carboxylic acids is 3. The lowest BCUT2D eigenvalue weighted by atomic mass is 9.66. The first-order valence-electron chi connectivity index (χ1n) is 26.6. The monoisotopic (exact) mass is 1130 g/mol. The number of ether oxygens (including phenoxy) is 1. The molecule has 1 saturated heterocycles. The Hall–Kier alpha value is -9.28. The highest BCUT2D eigenvalue weighted by atomic mass is 32.2. The zero-order valence-corrected chi connectivity index (χ0v) is 46.5. The van der Waals surface area contributed by atoms with Crippen LogP contribution in [0.1, 0.15) is 67.6 Å². The van der Waals surface area contributed by atoms with Gasteiger partial charge in [-0.3, -0.25) is 19.6 Å². The van der Waals surface area contributed by atoms with Crippen LogP contribution in [0.5, 0.6) is 0 Å². The van der Waals surface area contributed by atoms with Crippen LogP contribution in [0.15, 0.2) is 270 Å². The van der Waals surface area contributed by atoms with Crippen LogP contribution in [0.25, 0.3) is 0 Å². The van der Waals surface area contributed by atoms with Gasteiger partial charge in [-0.05, 0) is 27.8 Å². The van der Waals surface area contributed by atoms with Crippen LogP contribution in [0.3, 0.4) is 0 Å². The Bertz CT molecular complexity index is 3660. The summed E-state index contributed by atoms with van der Waals surface area (Å²) in [7, 11) is 0. The van der Waals surface area contributed by atoms with Gasteiger partial charge in [-0.1, -0.05) is 248 Å². The number of β-lactam (4-membered cyclic amide) rings is 1. The number of carbonyl (C=O) groups is 3. The molecular weight excluding hydrogens is 1080 g/mol. The molecule has 2 atom stereocenters. The number of amides is 2. The van der Waals surface area contributed by atoms with Crippen molar-refractivity contribution in [3.63, 3.8) is 0 Å². The van der Waals surface area contributed by atoms with E-state index in [1.54, 1.807) is 5.38 Å². The van der Waals surface area contributed by atoms with E-state index in [1.165, 1.54) is 28.4 Å². The SMILES string of the molecule is Nc1nc(/C(=N/OC(c2ccccc2)(c2ccccc2)c2ccccc2)C(=O)N[C@@H]2C(=O)N3C(C(=O)OC(c4ccccc4)c4ccccc4)=C(SCc4c[nH]nc4C(c4ccccc4)(c4ccccc4)c4ccccc4)CS[C@@H]23)cs1. The number of esters is 1. The van der Waals surface area contributed by atoms with Crippen molar-refractivity contribution < 1.29 is 24.0 Å². The minimum Gasteiger partial charge on any atom is -0.448 e. The number of aromatic amines is 1. The number of nitrogen functional groups attached to an aromatic ring is 1. The summed E-state index contributed by atoms with van der Waals surface area (Å²) >= 11 is 4.04. The lowest BCUT2D eigenvalue weighted by Crippen LogP contribution is -2.71. The number of aromatic nitrogens is 3. The number of benzene rings is 8. The van der Waals surface area contributed by atoms with E-state index in [4.69, 9.17) is 25.6 Å². The third kappa shape index (κ3) is 10.2. The average molecular weight is 1130 g/mol. The molecule has 4 N–H and O–H groups in total. The highest BCUT2D eigenvalue weighted by molar-refractivity contribution is 8.05. The molecule has 0 spiro atoms. The first-order chi connectivity index (χ1) is 40.3. The Morgan fingerprint density at radius 3 is 1.57 bits per heavy atom. The normalized spacial score (nSPS) is 15.4. The zero-order chi connectivity index (χ0) is 55.9. The minimum atomic E-state index is -1.34. The van der Waals surface area contributed by atoms with Crippen molar-refractivity contribution in [2.45, 2.75) is 34.3 Å². The number of nitrogens with one attached hydrogen (secondary N) is 2. The number of nitrogens with two attached hydrogens (primary N) is 1. The van der Waals surface area contributed by atoms with Crippen LogP contribution in [0.4, 0.5) is 5.13 Å². The second kappa shape index (κ2) is 23.8. The number of thiazole rings is 1. The number of rotatable bonds is 19. The van der Waals surface area contributed by atoms with Crippen molar-refractivity contribution >= 4 is 63.5 Å². The van der Waals surface area contributed by atoms with Gasteiger partial charge in [0.25, 0.3) is 11.8 Å². The molecule has 0 aliphatic carbocycles. The van der Waals surface area contributed by atoms with Crippen molar-refractivity contribution in [2.75, 3.05) is 11.5 Å². The molecule has 404 valence electrons. The maximum Gasteiger partial charge on any atom is 0.356 e. The number of H-pyrrole nitrogens is 1. The van der Waals surface area contributed by atoms with E-state index in [0.717, 1.165) is 67.1 Å². The van der Waals surface area contributed by atoms with Gasteiger partial charge in [0.1, 0.15) is 22.8 Å². The second-order valence-electron chi connectivity index (χ2n) is 19.5. The number of anilines is 1. The molecule has 4 heterocycles. The molecule has 8 aromatic carbocycles. The van der Waals surface area contributed by atoms with Crippen LogP contribution in [-0.2, 0) is 40.7 Å². The van der Waals surface area contributed by atoms with Crippen molar-refractivity contribution in [3.8, 4) is 0 Å². The summed E-state index contributed by atoms with van der Waals surface area (Å²) in [4.78, 5) is 58.8. The summed E-state index contributed by atoms with van der Waals surface area (Å²) in [5, 5.41) is 17.1. The fraction of sp³-hybridized carbons (Fsp3) is 0.104. The Labute approximate surface area is 487 Å². The van der Waals surface area contributed by atoms with Crippen LogP contribution in [-0.4, -0.2) is 60.7 Å². The highest BCUT2D eigenvalue weighted by Gasteiger charge is 2.55. The summed E-state index contributed by atoms with van der Waals surface area (Å²) < 4.78 is 6.60. The maximum absolute atomic E-state index is 15.3. The largest absolute Gasteiger partial charge is 0.448 e. The fourth-order valence-electron chi connectivity index (χ4n) is 10.9. The number of hydrogen-bond donors (Lipinski definition) is 3. The Morgan fingerprint density at radius 1 is 0.671 bits per heavy atom. The van der Waals surface area contributed by atoms with E-state index in [1.807, 2.05) is 212 Å². The van der Waals surface area contributed by atoms with Gasteiger partial charge >= 0.3 is 5.97 Å². The van der Waals surface area contributed by atoms with Crippen LogP contribution >= 0.6 is 34.9 Å². The fourth-order valence-corrected chi connectivity index (χ4v) is 14.1. The number of nitrogens with zero attached hydrogens (tertiary/aromatic N) is 4. The first kappa shape index (κ1) is 53.4. The molecule has 2 amide bonds. The molecule has 12 nitrogen and oxygen atoms in total. The highest BCUT2D eigenvalue weighted by Crippen LogP contribution is 2.49. The molecule has 0 unspecified atom stereocenters. The van der Waals surface area contributed by atoms with E-state index in [2.05, 4.69) is 51.8 Å². The lowest BCUT2D eigenvalue weighted by molar-refractivity contribution is -0.154. The van der Waals surface area contributed by atoms with E-state index in [-0.39, 0.29) is 22.2 Å². The summed E-state index contributed by atoms with van der Waals surface area (Å²) in [6.07, 6.45) is 1.10. The summed E-state index contributed by atoms with van der Waals surface area (Å²) in [5.74, 6) is -1.23. The predicted molar refractivity (Wildman–Crippen MR) is 324 cm³/mol. The van der Waals surface area contributed by atoms with Crippen LogP contribution < -0.4 is 11.1 Å². The van der Waals surface area contributed by atoms with Gasteiger partial charge in [0.2, 0.25) is 5.60 Å². The molecule has 12 rings (SSSR count). The molecule has 0 radical (unpaired) electrons. The lowest BCUT2D eigenvalue weighted by Gasteiger charge is -2.49. The van der Waals surface area contributed by atoms with Gasteiger partial charge < -0.3 is 20.6 Å². The van der Waals surface area contributed by atoms with Gasteiger partial charge in [-0.2, -0.15) is 5.10 Å². The quantitative estimate of drug-likeness (QED) is 0.0233.